The number of rotatable bonds is 7. The van der Waals surface area contributed by atoms with Crippen LogP contribution in [0.4, 0.5) is 8.78 Å². The van der Waals surface area contributed by atoms with Crippen molar-refractivity contribution in [1.82, 2.24) is 0 Å². The van der Waals surface area contributed by atoms with Crippen molar-refractivity contribution in [2.24, 2.45) is 0 Å². The van der Waals surface area contributed by atoms with Crippen LogP contribution in [0.2, 0.25) is 0 Å². The number of ketones is 1. The number of halogens is 2. The Labute approximate surface area is 188 Å². The van der Waals surface area contributed by atoms with Crippen molar-refractivity contribution in [1.29, 1.82) is 0 Å². The molecule has 0 radical (unpaired) electrons. The fraction of sp³-hybridized carbons (Fsp3) is 0.160. The van der Waals surface area contributed by atoms with Crippen LogP contribution in [0, 0.1) is 11.6 Å². The minimum atomic E-state index is -0.696. The second-order valence-corrected chi connectivity index (χ2v) is 7.05. The molecule has 170 valence electrons. The van der Waals surface area contributed by atoms with E-state index in [-0.39, 0.29) is 29.5 Å². The van der Waals surface area contributed by atoms with Crippen LogP contribution in [0.25, 0.3) is 6.08 Å². The molecule has 1 aliphatic heterocycles. The molecule has 6 nitrogen and oxygen atoms in total. The lowest BCUT2D eigenvalue weighted by molar-refractivity contribution is 0.101. The average molecular weight is 454 g/mol. The third-order valence-electron chi connectivity index (χ3n) is 5.07. The monoisotopic (exact) mass is 454 g/mol. The summed E-state index contributed by atoms with van der Waals surface area (Å²) in [5.41, 5.74) is 0.767. The summed E-state index contributed by atoms with van der Waals surface area (Å²) >= 11 is 0. The molecule has 0 bridgehead atoms. The van der Waals surface area contributed by atoms with Crippen LogP contribution < -0.4 is 23.7 Å². The Morgan fingerprint density at radius 1 is 0.909 bits per heavy atom. The highest BCUT2D eigenvalue weighted by atomic mass is 19.1. The largest absolute Gasteiger partial charge is 0.493 e. The topological polar surface area (TPSA) is 63.2 Å². The number of carbonyl (C=O) groups excluding carboxylic acids is 1. The molecule has 0 spiro atoms. The molecular formula is C25H20F2O6. The molecule has 0 aliphatic carbocycles. The van der Waals surface area contributed by atoms with Gasteiger partial charge < -0.3 is 23.7 Å². The lowest BCUT2D eigenvalue weighted by atomic mass is 10.1. The Balaban J connectivity index is 1.57. The van der Waals surface area contributed by atoms with Crippen molar-refractivity contribution in [3.05, 3.63) is 82.6 Å². The zero-order chi connectivity index (χ0) is 23.5. The van der Waals surface area contributed by atoms with Crippen LogP contribution in [0.3, 0.4) is 0 Å². The van der Waals surface area contributed by atoms with Crippen LogP contribution in [-0.2, 0) is 6.61 Å². The molecule has 0 saturated heterocycles. The molecule has 1 heterocycles. The summed E-state index contributed by atoms with van der Waals surface area (Å²) in [7, 11) is 4.49. The molecule has 0 aromatic heterocycles. The lowest BCUT2D eigenvalue weighted by Gasteiger charge is -2.13. The molecule has 3 aromatic carbocycles. The molecule has 33 heavy (non-hydrogen) atoms. The van der Waals surface area contributed by atoms with Crippen LogP contribution in [0.1, 0.15) is 21.5 Å². The van der Waals surface area contributed by atoms with Gasteiger partial charge in [0.25, 0.3) is 0 Å². The van der Waals surface area contributed by atoms with E-state index in [1.165, 1.54) is 33.5 Å². The number of allylic oxidation sites excluding steroid dienone is 1. The SMILES string of the molecule is COc1cc(/C=C2\Oc3cc(OCc4c(F)cccc4F)ccc3C2=O)cc(OC)c1OC. The van der Waals surface area contributed by atoms with Crippen LogP contribution in [-0.4, -0.2) is 27.1 Å². The molecule has 3 aromatic rings. The van der Waals surface area contributed by atoms with Gasteiger partial charge in [0.2, 0.25) is 11.5 Å². The van der Waals surface area contributed by atoms with Gasteiger partial charge in [-0.25, -0.2) is 8.78 Å². The summed E-state index contributed by atoms with van der Waals surface area (Å²) in [5.74, 6) is 0.268. The first-order valence-corrected chi connectivity index (χ1v) is 9.89. The number of benzene rings is 3. The minimum Gasteiger partial charge on any atom is -0.493 e. The minimum absolute atomic E-state index is 0.0940. The van der Waals surface area contributed by atoms with E-state index in [2.05, 4.69) is 0 Å². The van der Waals surface area contributed by atoms with Gasteiger partial charge in [-0.15, -0.1) is 0 Å². The number of fused-ring (bicyclic) bond motifs is 1. The summed E-state index contributed by atoms with van der Waals surface area (Å²) in [5, 5.41) is 0. The van der Waals surface area contributed by atoms with E-state index in [1.54, 1.807) is 30.3 Å². The van der Waals surface area contributed by atoms with Gasteiger partial charge in [-0.3, -0.25) is 4.79 Å². The second-order valence-electron chi connectivity index (χ2n) is 7.05. The van der Waals surface area contributed by atoms with E-state index < -0.39 is 11.6 Å². The summed E-state index contributed by atoms with van der Waals surface area (Å²) in [4.78, 5) is 12.8. The zero-order valence-corrected chi connectivity index (χ0v) is 18.1. The van der Waals surface area contributed by atoms with Gasteiger partial charge in [0, 0.05) is 6.07 Å². The molecule has 1 aliphatic rings. The number of ether oxygens (including phenoxy) is 5. The van der Waals surface area contributed by atoms with E-state index in [4.69, 9.17) is 23.7 Å². The van der Waals surface area contributed by atoms with E-state index in [0.717, 1.165) is 12.1 Å². The van der Waals surface area contributed by atoms with Crippen LogP contribution in [0.5, 0.6) is 28.7 Å². The first kappa shape index (κ1) is 22.1. The normalized spacial score (nSPS) is 13.5. The molecule has 0 atom stereocenters. The van der Waals surface area contributed by atoms with Gasteiger partial charge in [0.1, 0.15) is 29.7 Å². The standard InChI is InChI=1S/C25H20F2O6/c1-29-22-10-14(11-23(30-2)25(22)31-3)9-21-24(28)16-8-7-15(12-20(16)33-21)32-13-17-18(26)5-4-6-19(17)27/h4-12H,13H2,1-3H3/b21-9-. The molecule has 0 N–H and O–H groups in total. The number of Topliss-reactive ketones (excluding diaryl/α,β-unsaturated/α-hetero) is 1. The fourth-order valence-corrected chi connectivity index (χ4v) is 3.42. The quantitative estimate of drug-likeness (QED) is 0.458. The van der Waals surface area contributed by atoms with Gasteiger partial charge in [-0.05, 0) is 48.0 Å². The third-order valence-corrected chi connectivity index (χ3v) is 5.07. The lowest BCUT2D eigenvalue weighted by Crippen LogP contribution is -2.01. The second kappa shape index (κ2) is 9.20. The number of hydrogen-bond donors (Lipinski definition) is 0. The number of methoxy groups -OCH3 is 3. The highest BCUT2D eigenvalue weighted by Crippen LogP contribution is 2.40. The van der Waals surface area contributed by atoms with E-state index in [9.17, 15) is 13.6 Å². The van der Waals surface area contributed by atoms with Crippen molar-refractivity contribution >= 4 is 11.9 Å². The zero-order valence-electron chi connectivity index (χ0n) is 18.1. The van der Waals surface area contributed by atoms with E-state index in [1.807, 2.05) is 0 Å². The molecule has 4 rings (SSSR count). The first-order valence-electron chi connectivity index (χ1n) is 9.89. The summed E-state index contributed by atoms with van der Waals surface area (Å²) in [6, 6.07) is 11.6. The summed E-state index contributed by atoms with van der Waals surface area (Å²) in [6.07, 6.45) is 1.56. The van der Waals surface area contributed by atoms with Gasteiger partial charge in [-0.2, -0.15) is 0 Å². The van der Waals surface area contributed by atoms with Crippen molar-refractivity contribution in [2.45, 2.75) is 6.61 Å². The predicted molar refractivity (Wildman–Crippen MR) is 116 cm³/mol. The van der Waals surface area contributed by atoms with Crippen LogP contribution >= 0.6 is 0 Å². The highest BCUT2D eigenvalue weighted by Gasteiger charge is 2.28. The Morgan fingerprint density at radius 2 is 1.58 bits per heavy atom. The number of carbonyl (C=O) groups is 1. The smallest absolute Gasteiger partial charge is 0.231 e. The third kappa shape index (κ3) is 4.32. The Kier molecular flexibility index (Phi) is 6.17. The van der Waals surface area contributed by atoms with Crippen molar-refractivity contribution in [3.63, 3.8) is 0 Å². The average Bonchev–Trinajstić information content (AvgIpc) is 3.12. The van der Waals surface area contributed by atoms with Crippen molar-refractivity contribution < 1.29 is 37.3 Å². The molecular weight excluding hydrogens is 434 g/mol. The molecule has 0 amide bonds. The van der Waals surface area contributed by atoms with Gasteiger partial charge in [0.05, 0.1) is 32.5 Å². The maximum Gasteiger partial charge on any atom is 0.231 e. The molecule has 8 heteroatoms. The summed E-state index contributed by atoms with van der Waals surface area (Å²) < 4.78 is 54.9. The Hall–Kier alpha value is -4.07. The maximum atomic E-state index is 13.8. The van der Waals surface area contributed by atoms with E-state index >= 15 is 0 Å². The fourth-order valence-electron chi connectivity index (χ4n) is 3.42. The van der Waals surface area contributed by atoms with Gasteiger partial charge in [0.15, 0.2) is 17.3 Å². The van der Waals surface area contributed by atoms with E-state index in [0.29, 0.717) is 34.1 Å². The van der Waals surface area contributed by atoms with Crippen molar-refractivity contribution in [2.75, 3.05) is 21.3 Å². The Morgan fingerprint density at radius 3 is 2.18 bits per heavy atom. The van der Waals surface area contributed by atoms with Gasteiger partial charge in [-0.1, -0.05) is 6.07 Å². The predicted octanol–water partition coefficient (Wildman–Crippen LogP) is 5.19. The molecule has 0 saturated carbocycles. The first-order chi connectivity index (χ1) is 15.9. The van der Waals surface area contributed by atoms with Gasteiger partial charge >= 0.3 is 0 Å². The molecule has 0 fully saturated rings. The van der Waals surface area contributed by atoms with Crippen LogP contribution in [0.15, 0.2) is 54.3 Å². The van der Waals surface area contributed by atoms with Crippen molar-refractivity contribution in [3.8, 4) is 28.7 Å². The highest BCUT2D eigenvalue weighted by molar-refractivity contribution is 6.14. The molecule has 0 unspecified atom stereocenters. The Bertz CT molecular complexity index is 1210. The number of hydrogen-bond acceptors (Lipinski definition) is 6. The maximum absolute atomic E-state index is 13.8. The summed E-state index contributed by atoms with van der Waals surface area (Å²) in [6.45, 7) is -0.306.